The van der Waals surface area contributed by atoms with E-state index in [-0.39, 0.29) is 0 Å². The second-order valence-electron chi connectivity index (χ2n) is 4.09. The Hall–Kier alpha value is -0.680. The lowest BCUT2D eigenvalue weighted by atomic mass is 10.4. The number of hydrogen-bond donors (Lipinski definition) is 1. The molecule has 1 heterocycles. The van der Waals surface area contributed by atoms with Gasteiger partial charge in [-0.05, 0) is 38.5 Å². The maximum absolute atomic E-state index is 5.17. The van der Waals surface area contributed by atoms with Gasteiger partial charge in [0.05, 0.1) is 0 Å². The quantitative estimate of drug-likeness (QED) is 0.777. The second-order valence-corrected chi connectivity index (χ2v) is 4.47. The maximum Gasteiger partial charge on any atom is 0.195 e. The van der Waals surface area contributed by atoms with Crippen LogP contribution in [0.15, 0.2) is 0 Å². The molecule has 15 heavy (non-hydrogen) atoms. The molecule has 0 atom stereocenters. The van der Waals surface area contributed by atoms with Crippen LogP contribution in [0.2, 0.25) is 0 Å². The highest BCUT2D eigenvalue weighted by atomic mass is 32.1. The minimum Gasteiger partial charge on any atom is -0.303 e. The van der Waals surface area contributed by atoms with Crippen molar-refractivity contribution < 1.29 is 0 Å². The highest BCUT2D eigenvalue weighted by molar-refractivity contribution is 7.71. The van der Waals surface area contributed by atoms with Crippen LogP contribution in [0.1, 0.15) is 25.6 Å². The third-order valence-corrected chi connectivity index (χ3v) is 3.34. The van der Waals surface area contributed by atoms with Crippen molar-refractivity contribution in [2.75, 3.05) is 13.1 Å². The van der Waals surface area contributed by atoms with Crippen molar-refractivity contribution in [3.63, 3.8) is 0 Å². The van der Waals surface area contributed by atoms with Gasteiger partial charge in [-0.1, -0.05) is 6.92 Å². The molecule has 0 spiro atoms. The average molecular weight is 226 g/mol. The molecule has 2 rings (SSSR count). The number of rotatable bonds is 5. The molecular weight excluding hydrogens is 208 g/mol. The molecule has 0 aliphatic heterocycles. The van der Waals surface area contributed by atoms with Gasteiger partial charge in [0.15, 0.2) is 4.77 Å². The lowest BCUT2D eigenvalue weighted by Crippen LogP contribution is -2.29. The van der Waals surface area contributed by atoms with Crippen molar-refractivity contribution in [3.05, 3.63) is 10.6 Å². The molecule has 4 nitrogen and oxygen atoms in total. The number of hydrogen-bond acceptors (Lipinski definition) is 3. The summed E-state index contributed by atoms with van der Waals surface area (Å²) in [7, 11) is 0. The van der Waals surface area contributed by atoms with E-state index in [9.17, 15) is 0 Å². The predicted octanol–water partition coefficient (Wildman–Crippen LogP) is 1.73. The Bertz CT molecular complexity index is 377. The highest BCUT2D eigenvalue weighted by Crippen LogP contribution is 2.26. The van der Waals surface area contributed by atoms with Gasteiger partial charge in [-0.15, -0.1) is 0 Å². The summed E-state index contributed by atoms with van der Waals surface area (Å²) in [5, 5.41) is 6.93. The van der Waals surface area contributed by atoms with Crippen LogP contribution >= 0.6 is 12.2 Å². The number of aryl methyl sites for hydroxylation is 1. The molecule has 5 heteroatoms. The van der Waals surface area contributed by atoms with Crippen molar-refractivity contribution in [1.29, 1.82) is 0 Å². The van der Waals surface area contributed by atoms with Crippen molar-refractivity contribution in [1.82, 2.24) is 19.7 Å². The van der Waals surface area contributed by atoms with E-state index in [0.29, 0.717) is 0 Å². The van der Waals surface area contributed by atoms with Crippen molar-refractivity contribution in [2.24, 2.45) is 0 Å². The Kier molecular flexibility index (Phi) is 3.21. The molecule has 0 radical (unpaired) electrons. The van der Waals surface area contributed by atoms with E-state index < -0.39 is 0 Å². The van der Waals surface area contributed by atoms with Gasteiger partial charge in [0.2, 0.25) is 0 Å². The van der Waals surface area contributed by atoms with Gasteiger partial charge in [-0.2, -0.15) is 5.10 Å². The number of H-pyrrole nitrogens is 1. The molecule has 84 valence electrons. The van der Waals surface area contributed by atoms with Crippen molar-refractivity contribution >= 4 is 12.2 Å². The van der Waals surface area contributed by atoms with Crippen LogP contribution in [0.5, 0.6) is 0 Å². The summed E-state index contributed by atoms with van der Waals surface area (Å²) in [5.41, 5.74) is 0. The molecule has 1 aliphatic rings. The average Bonchev–Trinajstić information content (AvgIpc) is 3.00. The fourth-order valence-corrected chi connectivity index (χ4v) is 2.20. The summed E-state index contributed by atoms with van der Waals surface area (Å²) >= 11 is 5.17. The summed E-state index contributed by atoms with van der Waals surface area (Å²) in [6, 6.07) is 0.830. The number of likely N-dealkylation sites (N-methyl/N-ethyl adjacent to an activating group) is 1. The Balaban J connectivity index is 1.94. The van der Waals surface area contributed by atoms with E-state index >= 15 is 0 Å². The van der Waals surface area contributed by atoms with E-state index in [0.717, 1.165) is 36.3 Å². The molecule has 0 amide bonds. The van der Waals surface area contributed by atoms with Crippen molar-refractivity contribution in [2.45, 2.75) is 39.3 Å². The monoisotopic (exact) mass is 226 g/mol. The van der Waals surface area contributed by atoms with Gasteiger partial charge in [-0.3, -0.25) is 10.00 Å². The predicted molar refractivity (Wildman–Crippen MR) is 62.4 cm³/mol. The van der Waals surface area contributed by atoms with Gasteiger partial charge >= 0.3 is 0 Å². The standard InChI is InChI=1S/C10H18N4S/c1-3-13(9-4-5-9)6-7-14-8(2)11-12-10(14)15/h9H,3-7H2,1-2H3,(H,12,15). The van der Waals surface area contributed by atoms with Gasteiger partial charge in [-0.25, -0.2) is 0 Å². The van der Waals surface area contributed by atoms with Crippen LogP contribution in [-0.4, -0.2) is 38.8 Å². The minimum atomic E-state index is 0.736. The normalized spacial score (nSPS) is 16.2. The molecule has 1 fully saturated rings. The molecule has 0 aromatic carbocycles. The fraction of sp³-hybridized carbons (Fsp3) is 0.800. The van der Waals surface area contributed by atoms with Crippen LogP contribution in [0.25, 0.3) is 0 Å². The molecule has 0 bridgehead atoms. The Labute approximate surface area is 95.3 Å². The van der Waals surface area contributed by atoms with Crippen molar-refractivity contribution in [3.8, 4) is 0 Å². The summed E-state index contributed by atoms with van der Waals surface area (Å²) in [6.07, 6.45) is 2.73. The molecule has 1 aromatic heterocycles. The smallest absolute Gasteiger partial charge is 0.195 e. The number of aromatic amines is 1. The zero-order valence-corrected chi connectivity index (χ0v) is 10.2. The van der Waals surface area contributed by atoms with Crippen LogP contribution in [-0.2, 0) is 6.54 Å². The van der Waals surface area contributed by atoms with Crippen LogP contribution in [0.3, 0.4) is 0 Å². The Morgan fingerprint density at radius 3 is 2.80 bits per heavy atom. The van der Waals surface area contributed by atoms with E-state index in [4.69, 9.17) is 12.2 Å². The molecule has 0 saturated heterocycles. The minimum absolute atomic E-state index is 0.736. The first-order chi connectivity index (χ1) is 7.22. The third-order valence-electron chi connectivity index (χ3n) is 3.03. The fourth-order valence-electron chi connectivity index (χ4n) is 1.93. The van der Waals surface area contributed by atoms with E-state index in [2.05, 4.69) is 26.6 Å². The zero-order valence-electron chi connectivity index (χ0n) is 9.36. The van der Waals surface area contributed by atoms with Crippen LogP contribution in [0.4, 0.5) is 0 Å². The molecule has 1 aliphatic carbocycles. The van der Waals surface area contributed by atoms with Gasteiger partial charge in [0.25, 0.3) is 0 Å². The Morgan fingerprint density at radius 1 is 1.60 bits per heavy atom. The maximum atomic E-state index is 5.17. The summed E-state index contributed by atoms with van der Waals surface area (Å²) < 4.78 is 2.81. The molecule has 1 aromatic rings. The van der Waals surface area contributed by atoms with Crippen LogP contribution in [0, 0.1) is 11.7 Å². The lowest BCUT2D eigenvalue weighted by Gasteiger charge is -2.19. The molecule has 1 N–H and O–H groups in total. The van der Waals surface area contributed by atoms with Gasteiger partial charge < -0.3 is 4.57 Å². The first-order valence-electron chi connectivity index (χ1n) is 5.58. The summed E-state index contributed by atoms with van der Waals surface area (Å²) in [4.78, 5) is 2.52. The van der Waals surface area contributed by atoms with E-state index in [1.54, 1.807) is 0 Å². The third kappa shape index (κ3) is 2.46. The first kappa shape index (κ1) is 10.8. The lowest BCUT2D eigenvalue weighted by molar-refractivity contribution is 0.265. The van der Waals surface area contributed by atoms with E-state index in [1.807, 2.05) is 6.92 Å². The van der Waals surface area contributed by atoms with E-state index in [1.165, 1.54) is 12.8 Å². The number of aromatic nitrogens is 3. The van der Waals surface area contributed by atoms with Gasteiger partial charge in [0, 0.05) is 19.1 Å². The Morgan fingerprint density at radius 2 is 2.33 bits per heavy atom. The molecular formula is C10H18N4S. The zero-order chi connectivity index (χ0) is 10.8. The topological polar surface area (TPSA) is 36.9 Å². The number of nitrogens with zero attached hydrogens (tertiary/aromatic N) is 3. The molecule has 1 saturated carbocycles. The van der Waals surface area contributed by atoms with Gasteiger partial charge in [0.1, 0.15) is 5.82 Å². The number of nitrogens with one attached hydrogen (secondary N) is 1. The largest absolute Gasteiger partial charge is 0.303 e. The summed E-state index contributed by atoms with van der Waals surface area (Å²) in [5.74, 6) is 0.979. The SMILES string of the molecule is CCN(CCn1c(C)n[nH]c1=S)C1CC1. The first-order valence-corrected chi connectivity index (χ1v) is 5.99. The highest BCUT2D eigenvalue weighted by Gasteiger charge is 2.27. The second kappa shape index (κ2) is 4.45. The molecule has 0 unspecified atom stereocenters. The van der Waals surface area contributed by atoms with Crippen LogP contribution < -0.4 is 0 Å². The summed E-state index contributed by atoms with van der Waals surface area (Å²) in [6.45, 7) is 7.37.